The minimum atomic E-state index is -1.07. The van der Waals surface area contributed by atoms with Crippen molar-refractivity contribution >= 4 is 11.9 Å². The summed E-state index contributed by atoms with van der Waals surface area (Å²) in [4.78, 5) is 21.3. The topological polar surface area (TPSA) is 63.6 Å². The lowest BCUT2D eigenvalue weighted by Gasteiger charge is -1.97. The minimum absolute atomic E-state index is 0.380. The highest BCUT2D eigenvalue weighted by Crippen LogP contribution is 2.32. The quantitative estimate of drug-likeness (QED) is 0.520. The van der Waals surface area contributed by atoms with Gasteiger partial charge in [-0.3, -0.25) is 0 Å². The molecule has 0 amide bonds. The van der Waals surface area contributed by atoms with Gasteiger partial charge in [0.2, 0.25) is 0 Å². The Labute approximate surface area is 75.5 Å². The number of aliphatic carboxylic acids is 1. The zero-order valence-corrected chi connectivity index (χ0v) is 7.24. The van der Waals surface area contributed by atoms with Gasteiger partial charge in [-0.2, -0.15) is 0 Å². The van der Waals surface area contributed by atoms with Crippen LogP contribution in [0.15, 0.2) is 23.3 Å². The highest BCUT2D eigenvalue weighted by atomic mass is 16.5. The van der Waals surface area contributed by atoms with Crippen LogP contribution >= 0.6 is 0 Å². The van der Waals surface area contributed by atoms with E-state index in [1.807, 2.05) is 0 Å². The lowest BCUT2D eigenvalue weighted by molar-refractivity contribution is -0.135. The van der Waals surface area contributed by atoms with Gasteiger partial charge in [-0.25, -0.2) is 9.59 Å². The summed E-state index contributed by atoms with van der Waals surface area (Å²) in [6.07, 6.45) is 3.94. The number of carbonyl (C=O) groups excluding carboxylic acids is 1. The van der Waals surface area contributed by atoms with Crippen molar-refractivity contribution < 1.29 is 19.4 Å². The number of methoxy groups -OCH3 is 1. The molecule has 0 radical (unpaired) electrons. The Morgan fingerprint density at radius 2 is 2.00 bits per heavy atom. The minimum Gasteiger partial charge on any atom is -0.478 e. The lowest BCUT2D eigenvalue weighted by Crippen LogP contribution is -2.03. The summed E-state index contributed by atoms with van der Waals surface area (Å²) in [7, 11) is 1.28. The van der Waals surface area contributed by atoms with Crippen LogP contribution in [0.1, 0.15) is 12.8 Å². The second-order valence-corrected chi connectivity index (χ2v) is 2.68. The average molecular weight is 182 g/mol. The van der Waals surface area contributed by atoms with Gasteiger partial charge >= 0.3 is 11.9 Å². The predicted octanol–water partition coefficient (Wildman–Crippen LogP) is 0.891. The molecule has 0 aromatic carbocycles. The second-order valence-electron chi connectivity index (χ2n) is 2.68. The van der Waals surface area contributed by atoms with Crippen LogP contribution in [0.4, 0.5) is 0 Å². The molecule has 13 heavy (non-hydrogen) atoms. The van der Waals surface area contributed by atoms with E-state index >= 15 is 0 Å². The molecule has 0 spiro atoms. The van der Waals surface area contributed by atoms with Gasteiger partial charge in [-0.1, -0.05) is 5.57 Å². The van der Waals surface area contributed by atoms with E-state index in [0.717, 1.165) is 24.5 Å². The van der Waals surface area contributed by atoms with Crippen molar-refractivity contribution in [1.82, 2.24) is 0 Å². The first kappa shape index (κ1) is 9.51. The molecule has 0 bridgehead atoms. The molecule has 0 heterocycles. The first-order valence-corrected chi connectivity index (χ1v) is 3.86. The van der Waals surface area contributed by atoms with Gasteiger partial charge in [0.15, 0.2) is 0 Å². The summed E-state index contributed by atoms with van der Waals surface area (Å²) in [5.41, 5.74) is 1.34. The van der Waals surface area contributed by atoms with Gasteiger partial charge in [0.05, 0.1) is 12.7 Å². The van der Waals surface area contributed by atoms with E-state index in [2.05, 4.69) is 4.74 Å². The monoisotopic (exact) mass is 182 g/mol. The summed E-state index contributed by atoms with van der Waals surface area (Å²) in [6, 6.07) is 0. The number of esters is 1. The van der Waals surface area contributed by atoms with Crippen molar-refractivity contribution in [1.29, 1.82) is 0 Å². The maximum absolute atomic E-state index is 11.1. The van der Waals surface area contributed by atoms with Crippen LogP contribution in [0.5, 0.6) is 0 Å². The fourth-order valence-electron chi connectivity index (χ4n) is 0.927. The standard InChI is InChI=1S/C9H10O4/c1-13-9(12)7(6-2-3-6)4-5-8(10)11/h4-5H,2-3H2,1H3,(H,10,11). The molecule has 1 aliphatic carbocycles. The predicted molar refractivity (Wildman–Crippen MR) is 45.1 cm³/mol. The number of hydrogen-bond donors (Lipinski definition) is 1. The van der Waals surface area contributed by atoms with Crippen LogP contribution < -0.4 is 0 Å². The molecule has 4 nitrogen and oxygen atoms in total. The van der Waals surface area contributed by atoms with Crippen LogP contribution in [0.25, 0.3) is 0 Å². The Balaban J connectivity index is 2.77. The van der Waals surface area contributed by atoms with E-state index in [4.69, 9.17) is 5.11 Å². The number of rotatable bonds is 3. The molecule has 0 aromatic rings. The van der Waals surface area contributed by atoms with Crippen molar-refractivity contribution in [2.24, 2.45) is 0 Å². The molecular formula is C9H10O4. The number of allylic oxidation sites excluding steroid dienone is 1. The molecule has 1 fully saturated rings. The van der Waals surface area contributed by atoms with Gasteiger partial charge in [0.25, 0.3) is 0 Å². The maximum atomic E-state index is 11.1. The third-order valence-electron chi connectivity index (χ3n) is 1.68. The molecule has 1 rings (SSSR count). The number of ether oxygens (including phenoxy) is 1. The fraction of sp³-hybridized carbons (Fsp3) is 0.333. The zero-order chi connectivity index (χ0) is 9.84. The first-order chi connectivity index (χ1) is 6.15. The summed E-state index contributed by atoms with van der Waals surface area (Å²) in [5.74, 6) is -1.53. The van der Waals surface area contributed by atoms with E-state index in [-0.39, 0.29) is 0 Å². The Morgan fingerprint density at radius 1 is 1.38 bits per heavy atom. The molecule has 4 heteroatoms. The molecule has 1 aliphatic rings. The Morgan fingerprint density at radius 3 is 2.38 bits per heavy atom. The Hall–Kier alpha value is -1.58. The van der Waals surface area contributed by atoms with Gasteiger partial charge in [0, 0.05) is 6.08 Å². The van der Waals surface area contributed by atoms with E-state index in [1.54, 1.807) is 0 Å². The third kappa shape index (κ3) is 2.74. The van der Waals surface area contributed by atoms with Gasteiger partial charge in [-0.05, 0) is 18.9 Å². The Bertz CT molecular complexity index is 293. The van der Waals surface area contributed by atoms with E-state index in [0.29, 0.717) is 5.57 Å². The average Bonchev–Trinajstić information content (AvgIpc) is 2.87. The molecular weight excluding hydrogens is 172 g/mol. The fourth-order valence-corrected chi connectivity index (χ4v) is 0.927. The molecule has 70 valence electrons. The molecule has 1 saturated carbocycles. The van der Waals surface area contributed by atoms with Crippen LogP contribution in [0.3, 0.4) is 0 Å². The molecule has 1 N–H and O–H groups in total. The second kappa shape index (κ2) is 3.89. The molecule has 0 atom stereocenters. The molecule has 0 unspecified atom stereocenters. The van der Waals surface area contributed by atoms with E-state index < -0.39 is 11.9 Å². The highest BCUT2D eigenvalue weighted by molar-refractivity contribution is 5.95. The number of hydrogen-bond acceptors (Lipinski definition) is 3. The third-order valence-corrected chi connectivity index (χ3v) is 1.68. The largest absolute Gasteiger partial charge is 0.478 e. The van der Waals surface area contributed by atoms with Crippen molar-refractivity contribution in [3.8, 4) is 0 Å². The number of carbonyl (C=O) groups is 2. The number of carboxylic acids is 1. The van der Waals surface area contributed by atoms with Crippen molar-refractivity contribution in [2.75, 3.05) is 7.11 Å². The van der Waals surface area contributed by atoms with Crippen molar-refractivity contribution in [3.05, 3.63) is 23.3 Å². The van der Waals surface area contributed by atoms with Crippen LogP contribution in [0, 0.1) is 0 Å². The van der Waals surface area contributed by atoms with Gasteiger partial charge < -0.3 is 9.84 Å². The Kier molecular flexibility index (Phi) is 2.84. The van der Waals surface area contributed by atoms with Crippen molar-refractivity contribution in [2.45, 2.75) is 12.8 Å². The summed E-state index contributed by atoms with van der Waals surface area (Å²) >= 11 is 0. The summed E-state index contributed by atoms with van der Waals surface area (Å²) < 4.78 is 4.50. The van der Waals surface area contributed by atoms with Crippen molar-refractivity contribution in [3.63, 3.8) is 0 Å². The van der Waals surface area contributed by atoms with Crippen LogP contribution in [-0.2, 0) is 14.3 Å². The normalized spacial score (nSPS) is 14.4. The molecule has 0 aromatic heterocycles. The van der Waals surface area contributed by atoms with Gasteiger partial charge in [-0.15, -0.1) is 0 Å². The molecule has 0 aliphatic heterocycles. The zero-order valence-electron chi connectivity index (χ0n) is 7.24. The van der Waals surface area contributed by atoms with E-state index in [1.165, 1.54) is 13.2 Å². The first-order valence-electron chi connectivity index (χ1n) is 3.86. The van der Waals surface area contributed by atoms with Crippen LogP contribution in [-0.4, -0.2) is 24.2 Å². The van der Waals surface area contributed by atoms with Crippen LogP contribution in [0.2, 0.25) is 0 Å². The number of carboxylic acid groups (broad SMARTS) is 1. The van der Waals surface area contributed by atoms with E-state index in [9.17, 15) is 9.59 Å². The smallest absolute Gasteiger partial charge is 0.337 e. The summed E-state index contributed by atoms with van der Waals surface area (Å²) in [5, 5.41) is 8.36. The molecule has 0 saturated heterocycles. The maximum Gasteiger partial charge on any atom is 0.337 e. The summed E-state index contributed by atoms with van der Waals surface area (Å²) in [6.45, 7) is 0. The van der Waals surface area contributed by atoms with Gasteiger partial charge in [0.1, 0.15) is 0 Å². The highest BCUT2D eigenvalue weighted by Gasteiger charge is 2.21. The SMILES string of the molecule is COC(=O)C(C=CC(=O)O)=C1CC1. The lowest BCUT2D eigenvalue weighted by atomic mass is 10.2.